The Balaban J connectivity index is 1.86. The van der Waals surface area contributed by atoms with Gasteiger partial charge < -0.3 is 20.6 Å². The van der Waals surface area contributed by atoms with Crippen LogP contribution in [-0.4, -0.2) is 48.1 Å². The van der Waals surface area contributed by atoms with Crippen LogP contribution in [0.1, 0.15) is 93.6 Å². The molecule has 0 aromatic carbocycles. The van der Waals surface area contributed by atoms with Gasteiger partial charge >= 0.3 is 5.97 Å². The smallest absolute Gasteiger partial charge is 0.348 e. The maximum Gasteiger partial charge on any atom is 0.348 e. The van der Waals surface area contributed by atoms with Gasteiger partial charge in [-0.15, -0.1) is 11.3 Å². The van der Waals surface area contributed by atoms with Gasteiger partial charge in [0.1, 0.15) is 11.2 Å². The van der Waals surface area contributed by atoms with E-state index in [1.165, 1.54) is 6.34 Å². The molecule has 2 saturated carbocycles. The minimum atomic E-state index is -1.03. The number of anilines is 1. The van der Waals surface area contributed by atoms with Gasteiger partial charge in [-0.3, -0.25) is 4.79 Å². The number of hydrogen-bond donors (Lipinski definition) is 2. The maximum atomic E-state index is 14.0. The molecule has 0 radical (unpaired) electrons. The van der Waals surface area contributed by atoms with E-state index in [1.807, 2.05) is 20.8 Å². The highest BCUT2D eigenvalue weighted by Crippen LogP contribution is 2.38. The summed E-state index contributed by atoms with van der Waals surface area (Å²) in [7, 11) is 0. The Kier molecular flexibility index (Phi) is 10.5. The van der Waals surface area contributed by atoms with Gasteiger partial charge in [0.15, 0.2) is 0 Å². The molecule has 1 amide bonds. The Hall–Kier alpha value is -3.19. The lowest BCUT2D eigenvalue weighted by Gasteiger charge is -2.38. The van der Waals surface area contributed by atoms with Crippen LogP contribution >= 0.6 is 11.3 Å². The van der Waals surface area contributed by atoms with E-state index < -0.39 is 5.97 Å². The molecule has 0 spiro atoms. The second-order valence-corrected chi connectivity index (χ2v) is 12.1. The molecule has 2 aliphatic rings. The van der Waals surface area contributed by atoms with Crippen LogP contribution in [0.15, 0.2) is 21.2 Å². The van der Waals surface area contributed by atoms with Gasteiger partial charge in [-0.2, -0.15) is 0 Å². The first-order valence-corrected chi connectivity index (χ1v) is 14.0. The normalized spacial score (nSPS) is 22.2. The largest absolute Gasteiger partial charge is 0.477 e. The molecule has 2 aliphatic carbocycles. The van der Waals surface area contributed by atoms with Gasteiger partial charge in [0.05, 0.1) is 22.6 Å². The third-order valence-corrected chi connectivity index (χ3v) is 7.81. The van der Waals surface area contributed by atoms with Crippen LogP contribution in [0.2, 0.25) is 0 Å². The van der Waals surface area contributed by atoms with E-state index >= 15 is 0 Å². The molecule has 1 aromatic heterocycles. The lowest BCUT2D eigenvalue weighted by atomic mass is 9.81. The highest BCUT2D eigenvalue weighted by Gasteiger charge is 2.37. The number of nitrogens with two attached hydrogens (primary N) is 1. The van der Waals surface area contributed by atoms with E-state index in [4.69, 9.17) is 10.6 Å². The number of carboxylic acids is 1. The Morgan fingerprint density at radius 2 is 1.89 bits per heavy atom. The molecular weight excluding hydrogens is 502 g/mol. The van der Waals surface area contributed by atoms with E-state index in [1.54, 1.807) is 11.0 Å². The van der Waals surface area contributed by atoms with Crippen molar-refractivity contribution in [3.63, 3.8) is 0 Å². The monoisotopic (exact) mass is 541 g/mol. The number of nitrogens with zero attached hydrogens (tertiary/aromatic N) is 4. The van der Waals surface area contributed by atoms with Gasteiger partial charge in [0.25, 0.3) is 0 Å². The van der Waals surface area contributed by atoms with Crippen molar-refractivity contribution in [2.45, 2.75) is 85.1 Å². The summed E-state index contributed by atoms with van der Waals surface area (Å²) in [5.74, 6) is 5.84. The molecular formula is C28H39N5O4S. The molecule has 3 rings (SSSR count). The lowest BCUT2D eigenvalue weighted by molar-refractivity contribution is -0.124. The molecule has 0 unspecified atom stereocenters. The van der Waals surface area contributed by atoms with E-state index in [-0.39, 0.29) is 34.9 Å². The van der Waals surface area contributed by atoms with Crippen LogP contribution in [-0.2, 0) is 9.63 Å². The average Bonchev–Trinajstić information content (AvgIpc) is 3.30. The molecule has 38 heavy (non-hydrogen) atoms. The van der Waals surface area contributed by atoms with Crippen molar-refractivity contribution in [3.05, 3.63) is 15.8 Å². The molecule has 0 bridgehead atoms. The van der Waals surface area contributed by atoms with Crippen LogP contribution in [0.3, 0.4) is 0 Å². The minimum Gasteiger partial charge on any atom is -0.477 e. The number of amides is 1. The van der Waals surface area contributed by atoms with Crippen molar-refractivity contribution in [2.24, 2.45) is 38.1 Å². The molecule has 2 fully saturated rings. The van der Waals surface area contributed by atoms with Gasteiger partial charge in [-0.05, 0) is 84.1 Å². The predicted molar refractivity (Wildman–Crippen MR) is 153 cm³/mol. The maximum absolute atomic E-state index is 14.0. The van der Waals surface area contributed by atoms with Crippen LogP contribution in [0.4, 0.5) is 5.69 Å². The van der Waals surface area contributed by atoms with Crippen LogP contribution in [0.25, 0.3) is 0 Å². The van der Waals surface area contributed by atoms with Gasteiger partial charge in [0.2, 0.25) is 12.6 Å². The van der Waals surface area contributed by atoms with Crippen LogP contribution < -0.4 is 10.6 Å². The van der Waals surface area contributed by atoms with Crippen LogP contribution in [0.5, 0.6) is 0 Å². The number of hydrogen-bond acceptors (Lipinski definition) is 6. The summed E-state index contributed by atoms with van der Waals surface area (Å²) in [5, 5.41) is 14.3. The van der Waals surface area contributed by atoms with Crippen molar-refractivity contribution in [2.75, 3.05) is 11.6 Å². The highest BCUT2D eigenvalue weighted by atomic mass is 32.1. The second kappa shape index (κ2) is 13.6. The summed E-state index contributed by atoms with van der Waals surface area (Å²) in [6.07, 6.45) is 8.80. The first-order chi connectivity index (χ1) is 18.1. The average molecular weight is 542 g/mol. The summed E-state index contributed by atoms with van der Waals surface area (Å²) in [5.41, 5.74) is 6.31. The number of carboxylic acid groups (broad SMARTS) is 1. The number of aliphatic imine (C=N–C) groups is 2. The van der Waals surface area contributed by atoms with Crippen molar-refractivity contribution >= 4 is 47.3 Å². The topological polar surface area (TPSA) is 130 Å². The van der Waals surface area contributed by atoms with E-state index in [0.717, 1.165) is 49.1 Å². The molecule has 9 nitrogen and oxygen atoms in total. The number of carbonyl (C=O) groups is 2. The fourth-order valence-corrected chi connectivity index (χ4v) is 5.62. The number of oxime groups is 1. The fraction of sp³-hybridized carbons (Fsp3) is 0.607. The van der Waals surface area contributed by atoms with Crippen molar-refractivity contribution in [1.29, 1.82) is 0 Å². The second-order valence-electron chi connectivity index (χ2n) is 11.0. The zero-order valence-corrected chi connectivity index (χ0v) is 23.6. The zero-order valence-electron chi connectivity index (χ0n) is 22.8. The third-order valence-electron chi connectivity index (χ3n) is 6.79. The molecule has 206 valence electrons. The minimum absolute atomic E-state index is 0.0314. The van der Waals surface area contributed by atoms with Gasteiger partial charge in [-0.1, -0.05) is 23.9 Å². The Bertz CT molecular complexity index is 1120. The van der Waals surface area contributed by atoms with Crippen molar-refractivity contribution in [3.8, 4) is 11.8 Å². The molecule has 1 heterocycles. The Morgan fingerprint density at radius 1 is 1.21 bits per heavy atom. The zero-order chi connectivity index (χ0) is 27.7. The fourth-order valence-electron chi connectivity index (χ4n) is 4.78. The highest BCUT2D eigenvalue weighted by molar-refractivity contribution is 7.15. The lowest BCUT2D eigenvalue weighted by Crippen LogP contribution is -2.46. The summed E-state index contributed by atoms with van der Waals surface area (Å²) < 4.78 is 0. The SMILES string of the molecule is CC1CCC(C(=O)N(c2cc(C#CC(C)(C)C)sc2C(=O)O)C2CCC(=NOCN=CN=CN)CC2)CC1. The Labute approximate surface area is 229 Å². The molecule has 3 N–H and O–H groups in total. The molecule has 10 heteroatoms. The van der Waals surface area contributed by atoms with Crippen LogP contribution in [0, 0.1) is 29.1 Å². The summed E-state index contributed by atoms with van der Waals surface area (Å²) in [4.78, 5) is 41.7. The first-order valence-electron chi connectivity index (χ1n) is 13.2. The van der Waals surface area contributed by atoms with E-state index in [9.17, 15) is 14.7 Å². The van der Waals surface area contributed by atoms with Crippen molar-refractivity contribution in [1.82, 2.24) is 0 Å². The molecule has 1 aromatic rings. The predicted octanol–water partition coefficient (Wildman–Crippen LogP) is 5.29. The quantitative estimate of drug-likeness (QED) is 0.152. The number of carbonyl (C=O) groups excluding carboxylic acids is 1. The van der Waals surface area contributed by atoms with E-state index in [0.29, 0.717) is 42.2 Å². The van der Waals surface area contributed by atoms with E-state index in [2.05, 4.69) is 33.9 Å². The third kappa shape index (κ3) is 8.42. The molecule has 0 atom stereocenters. The number of rotatable bonds is 8. The molecule has 0 saturated heterocycles. The van der Waals surface area contributed by atoms with Crippen molar-refractivity contribution < 1.29 is 19.5 Å². The number of thiophene rings is 1. The first kappa shape index (κ1) is 29.4. The standard InChI is InChI=1S/C28H39N5O4S/c1-19-5-7-20(8-6-19)26(34)33(22-11-9-21(10-12-22)32-37-18-31-17-30-16-29)24-15-23(13-14-28(2,3)4)38-25(24)27(35)36/h15-17,19-20,22H,5-12,18H2,1-4H3,(H,35,36)(H2,29,30,31). The number of aromatic carboxylic acids is 1. The van der Waals surface area contributed by atoms with Gasteiger partial charge in [0, 0.05) is 17.4 Å². The van der Waals surface area contributed by atoms with Gasteiger partial charge in [-0.25, -0.2) is 14.8 Å². The summed E-state index contributed by atoms with van der Waals surface area (Å²) in [6.45, 7) is 8.30. The summed E-state index contributed by atoms with van der Waals surface area (Å²) >= 11 is 1.14. The summed E-state index contributed by atoms with van der Waals surface area (Å²) in [6, 6.07) is 1.68. The molecule has 0 aliphatic heterocycles. The Morgan fingerprint density at radius 3 is 2.50 bits per heavy atom.